The third-order valence-corrected chi connectivity index (χ3v) is 2.22. The van der Waals surface area contributed by atoms with Gasteiger partial charge in [-0.1, -0.05) is 24.3 Å². The van der Waals surface area contributed by atoms with Crippen molar-refractivity contribution in [3.63, 3.8) is 0 Å². The smallest absolute Gasteiger partial charge is 0.335 e. The number of fused-ring (bicyclic) bond motifs is 1. The number of carboxylic acid groups (broad SMARTS) is 1. The largest absolute Gasteiger partial charge is 0.478 e. The Morgan fingerprint density at radius 3 is 2.73 bits per heavy atom. The van der Waals surface area contributed by atoms with E-state index in [0.29, 0.717) is 5.69 Å². The van der Waals surface area contributed by atoms with Crippen molar-refractivity contribution in [2.75, 3.05) is 0 Å². The van der Waals surface area contributed by atoms with Crippen LogP contribution in [-0.4, -0.2) is 11.1 Å². The first-order valence-electron chi connectivity index (χ1n) is 4.36. The van der Waals surface area contributed by atoms with E-state index in [1.54, 1.807) is 30.3 Å². The first-order valence-corrected chi connectivity index (χ1v) is 4.36. The minimum Gasteiger partial charge on any atom is -0.478 e. The summed E-state index contributed by atoms with van der Waals surface area (Å²) >= 11 is 0. The van der Waals surface area contributed by atoms with Crippen LogP contribution in [0, 0.1) is 6.57 Å². The lowest BCUT2D eigenvalue weighted by atomic mass is 10.1. The van der Waals surface area contributed by atoms with Crippen LogP contribution in [0.5, 0.6) is 0 Å². The third-order valence-electron chi connectivity index (χ3n) is 2.22. The number of benzene rings is 2. The van der Waals surface area contributed by atoms with Gasteiger partial charge < -0.3 is 5.11 Å². The Morgan fingerprint density at radius 2 is 2.07 bits per heavy atom. The van der Waals surface area contributed by atoms with Crippen molar-refractivity contribution in [1.82, 2.24) is 0 Å². The quantitative estimate of drug-likeness (QED) is 0.713. The van der Waals surface area contributed by atoms with Crippen LogP contribution in [-0.2, 0) is 0 Å². The van der Waals surface area contributed by atoms with E-state index in [-0.39, 0.29) is 5.56 Å². The zero-order valence-corrected chi connectivity index (χ0v) is 7.77. The van der Waals surface area contributed by atoms with Crippen molar-refractivity contribution in [2.24, 2.45) is 0 Å². The highest BCUT2D eigenvalue weighted by atomic mass is 16.4. The maximum atomic E-state index is 10.7. The van der Waals surface area contributed by atoms with Gasteiger partial charge in [0, 0.05) is 0 Å². The highest BCUT2D eigenvalue weighted by Gasteiger charge is 2.05. The fourth-order valence-electron chi connectivity index (χ4n) is 1.50. The van der Waals surface area contributed by atoms with Gasteiger partial charge in [-0.2, -0.15) is 0 Å². The maximum absolute atomic E-state index is 10.7. The second kappa shape index (κ2) is 3.43. The third kappa shape index (κ3) is 1.53. The molecule has 0 aliphatic rings. The summed E-state index contributed by atoms with van der Waals surface area (Å²) in [7, 11) is 0. The first kappa shape index (κ1) is 9.22. The fraction of sp³-hybridized carbons (Fsp3) is 0. The summed E-state index contributed by atoms with van der Waals surface area (Å²) in [6.07, 6.45) is 0. The Kier molecular flexibility index (Phi) is 2.11. The average molecular weight is 197 g/mol. The van der Waals surface area contributed by atoms with E-state index in [1.165, 1.54) is 6.07 Å². The number of hydrogen-bond acceptors (Lipinski definition) is 1. The molecule has 0 aliphatic carbocycles. The summed E-state index contributed by atoms with van der Waals surface area (Å²) in [6, 6.07) is 10.0. The van der Waals surface area contributed by atoms with Crippen LogP contribution in [0.15, 0.2) is 36.4 Å². The molecular weight excluding hydrogens is 190 g/mol. The predicted molar refractivity (Wildman–Crippen MR) is 57.2 cm³/mol. The molecule has 0 amide bonds. The van der Waals surface area contributed by atoms with E-state index >= 15 is 0 Å². The first-order chi connectivity index (χ1) is 7.22. The molecule has 15 heavy (non-hydrogen) atoms. The second-order valence-corrected chi connectivity index (χ2v) is 3.13. The van der Waals surface area contributed by atoms with Crippen molar-refractivity contribution in [1.29, 1.82) is 0 Å². The van der Waals surface area contributed by atoms with Gasteiger partial charge in [-0.15, -0.1) is 0 Å². The lowest BCUT2D eigenvalue weighted by Crippen LogP contribution is -1.94. The predicted octanol–water partition coefficient (Wildman–Crippen LogP) is 3.09. The molecule has 0 fully saturated rings. The summed E-state index contributed by atoms with van der Waals surface area (Å²) < 4.78 is 0. The van der Waals surface area contributed by atoms with Crippen LogP contribution in [0.25, 0.3) is 15.6 Å². The minimum absolute atomic E-state index is 0.240. The number of aromatic carboxylic acids is 1. The van der Waals surface area contributed by atoms with Crippen LogP contribution < -0.4 is 0 Å². The lowest BCUT2D eigenvalue weighted by molar-refractivity contribution is 0.0697. The van der Waals surface area contributed by atoms with Crippen LogP contribution >= 0.6 is 0 Å². The Hall–Kier alpha value is -2.34. The highest BCUT2D eigenvalue weighted by molar-refractivity contribution is 5.99. The number of hydrogen-bond donors (Lipinski definition) is 1. The van der Waals surface area contributed by atoms with E-state index in [2.05, 4.69) is 4.85 Å². The molecule has 0 saturated heterocycles. The SMILES string of the molecule is [C-]#[N+]c1cccc2cc(C(=O)O)ccc12. The molecule has 3 nitrogen and oxygen atoms in total. The summed E-state index contributed by atoms with van der Waals surface area (Å²) in [5.74, 6) is -0.954. The Morgan fingerprint density at radius 1 is 1.27 bits per heavy atom. The molecule has 1 N–H and O–H groups in total. The van der Waals surface area contributed by atoms with Gasteiger partial charge in [0.2, 0.25) is 0 Å². The maximum Gasteiger partial charge on any atom is 0.335 e. The van der Waals surface area contributed by atoms with Crippen LogP contribution in [0.1, 0.15) is 10.4 Å². The van der Waals surface area contributed by atoms with Gasteiger partial charge in [0.15, 0.2) is 5.69 Å². The van der Waals surface area contributed by atoms with Gasteiger partial charge in [0.05, 0.1) is 12.1 Å². The zero-order chi connectivity index (χ0) is 10.8. The Labute approximate surface area is 86.4 Å². The molecule has 0 radical (unpaired) electrons. The molecule has 0 saturated carbocycles. The van der Waals surface area contributed by atoms with Crippen LogP contribution in [0.4, 0.5) is 5.69 Å². The van der Waals surface area contributed by atoms with E-state index in [9.17, 15) is 4.79 Å². The number of nitrogens with zero attached hydrogens (tertiary/aromatic N) is 1. The molecule has 0 aliphatic heterocycles. The highest BCUT2D eigenvalue weighted by Crippen LogP contribution is 2.26. The topological polar surface area (TPSA) is 41.7 Å². The molecule has 0 heterocycles. The second-order valence-electron chi connectivity index (χ2n) is 3.13. The standard InChI is InChI=1S/C12H7NO2/c1-13-11-4-2-3-8-7-9(12(14)15)5-6-10(8)11/h2-7H,(H,14,15). The Bertz CT molecular complexity index is 582. The summed E-state index contributed by atoms with van der Waals surface area (Å²) in [6.45, 7) is 6.97. The molecule has 0 bridgehead atoms. The minimum atomic E-state index is -0.954. The van der Waals surface area contributed by atoms with Gasteiger partial charge in [0.25, 0.3) is 0 Å². The molecule has 0 atom stereocenters. The van der Waals surface area contributed by atoms with Gasteiger partial charge in [-0.05, 0) is 22.9 Å². The molecule has 0 spiro atoms. The van der Waals surface area contributed by atoms with Gasteiger partial charge in [0.1, 0.15) is 0 Å². The lowest BCUT2D eigenvalue weighted by Gasteiger charge is -2.01. The fourth-order valence-corrected chi connectivity index (χ4v) is 1.50. The van der Waals surface area contributed by atoms with Crippen molar-refractivity contribution in [3.8, 4) is 0 Å². The molecule has 2 aromatic carbocycles. The van der Waals surface area contributed by atoms with E-state index in [0.717, 1.165) is 10.8 Å². The Balaban J connectivity index is 2.76. The molecule has 0 unspecified atom stereocenters. The molecule has 3 heteroatoms. The summed E-state index contributed by atoms with van der Waals surface area (Å²) in [5, 5.41) is 10.4. The molecule has 2 rings (SSSR count). The average Bonchev–Trinajstić information content (AvgIpc) is 2.27. The molecule has 2 aromatic rings. The number of carboxylic acids is 1. The van der Waals surface area contributed by atoms with Gasteiger partial charge in [-0.3, -0.25) is 0 Å². The van der Waals surface area contributed by atoms with Gasteiger partial charge in [-0.25, -0.2) is 9.64 Å². The number of rotatable bonds is 1. The van der Waals surface area contributed by atoms with E-state index in [4.69, 9.17) is 11.7 Å². The van der Waals surface area contributed by atoms with Crippen molar-refractivity contribution >= 4 is 22.4 Å². The molecular formula is C12H7NO2. The van der Waals surface area contributed by atoms with E-state index < -0.39 is 5.97 Å². The van der Waals surface area contributed by atoms with Gasteiger partial charge >= 0.3 is 5.97 Å². The number of carbonyl (C=O) groups is 1. The van der Waals surface area contributed by atoms with Crippen LogP contribution in [0.2, 0.25) is 0 Å². The van der Waals surface area contributed by atoms with Crippen molar-refractivity contribution in [2.45, 2.75) is 0 Å². The molecule has 0 aromatic heterocycles. The zero-order valence-electron chi connectivity index (χ0n) is 7.77. The van der Waals surface area contributed by atoms with Crippen molar-refractivity contribution < 1.29 is 9.90 Å². The summed E-state index contributed by atoms with van der Waals surface area (Å²) in [5.41, 5.74) is 0.786. The van der Waals surface area contributed by atoms with E-state index in [1.807, 2.05) is 0 Å². The summed E-state index contributed by atoms with van der Waals surface area (Å²) in [4.78, 5) is 14.1. The monoisotopic (exact) mass is 197 g/mol. The normalized spacial score (nSPS) is 9.80. The van der Waals surface area contributed by atoms with Crippen molar-refractivity contribution in [3.05, 3.63) is 53.4 Å². The molecule has 72 valence electrons. The van der Waals surface area contributed by atoms with Crippen LogP contribution in [0.3, 0.4) is 0 Å².